The number of benzene rings is 1. The molecule has 3 N–H and O–H groups in total. The van der Waals surface area contributed by atoms with Crippen molar-refractivity contribution < 1.29 is 9.53 Å². The molecule has 0 radical (unpaired) electrons. The molecule has 19 heavy (non-hydrogen) atoms. The van der Waals surface area contributed by atoms with Gasteiger partial charge in [0.2, 0.25) is 5.91 Å². The monoisotopic (exact) mass is 264 g/mol. The molecule has 0 saturated heterocycles. The number of carbonyl (C=O) groups excluding carboxylic acids is 1. The minimum absolute atomic E-state index is 0.0508. The zero-order chi connectivity index (χ0) is 14.1. The molecule has 0 aliphatic carbocycles. The Hall–Kier alpha value is -1.55. The number of carbonyl (C=O) groups is 1. The van der Waals surface area contributed by atoms with Crippen LogP contribution in [0.25, 0.3) is 0 Å². The smallest absolute Gasteiger partial charge is 0.219 e. The third-order valence-electron chi connectivity index (χ3n) is 2.91. The molecular formula is C15H24N2O2. The van der Waals surface area contributed by atoms with Gasteiger partial charge >= 0.3 is 0 Å². The Balaban J connectivity index is 2.26. The summed E-state index contributed by atoms with van der Waals surface area (Å²) in [6, 6.07) is 8.31. The van der Waals surface area contributed by atoms with Crippen molar-refractivity contribution in [3.63, 3.8) is 0 Å². The van der Waals surface area contributed by atoms with Gasteiger partial charge in [0, 0.05) is 19.5 Å². The van der Waals surface area contributed by atoms with Gasteiger partial charge < -0.3 is 15.8 Å². The number of aryl methyl sites for hydroxylation is 1. The van der Waals surface area contributed by atoms with Crippen molar-refractivity contribution >= 4 is 5.91 Å². The highest BCUT2D eigenvalue weighted by Crippen LogP contribution is 2.14. The summed E-state index contributed by atoms with van der Waals surface area (Å²) < 4.78 is 5.58. The molecular weight excluding hydrogens is 240 g/mol. The summed E-state index contributed by atoms with van der Waals surface area (Å²) in [6.45, 7) is 2.58. The van der Waals surface area contributed by atoms with E-state index in [1.807, 2.05) is 19.1 Å². The first-order valence-corrected chi connectivity index (χ1v) is 6.79. The van der Waals surface area contributed by atoms with E-state index in [0.29, 0.717) is 13.0 Å². The maximum absolute atomic E-state index is 11.0. The fourth-order valence-corrected chi connectivity index (χ4v) is 1.69. The number of ether oxygens (including phenoxy) is 1. The van der Waals surface area contributed by atoms with Crippen molar-refractivity contribution in [3.05, 3.63) is 29.8 Å². The van der Waals surface area contributed by atoms with Crippen LogP contribution >= 0.6 is 0 Å². The van der Waals surface area contributed by atoms with E-state index in [9.17, 15) is 4.79 Å². The molecule has 106 valence electrons. The van der Waals surface area contributed by atoms with E-state index in [1.165, 1.54) is 5.56 Å². The molecule has 0 saturated carbocycles. The summed E-state index contributed by atoms with van der Waals surface area (Å²) in [7, 11) is 1.64. The first-order chi connectivity index (χ1) is 9.11. The second-order valence-electron chi connectivity index (χ2n) is 4.79. The Morgan fingerprint density at radius 3 is 2.63 bits per heavy atom. The van der Waals surface area contributed by atoms with Crippen molar-refractivity contribution in [2.75, 3.05) is 13.7 Å². The molecule has 0 bridgehead atoms. The standard InChI is InChI=1S/C15H24N2O2/c1-12(16)5-6-13-7-9-14(10-8-13)19-11-3-4-15(18)17-2/h7-10,12H,3-6,11,16H2,1-2H3,(H,17,18). The molecule has 4 heteroatoms. The predicted molar refractivity (Wildman–Crippen MR) is 77.2 cm³/mol. The van der Waals surface area contributed by atoms with Crippen LogP contribution < -0.4 is 15.8 Å². The highest BCUT2D eigenvalue weighted by molar-refractivity contribution is 5.75. The van der Waals surface area contributed by atoms with Crippen LogP contribution in [0, 0.1) is 0 Å². The summed E-state index contributed by atoms with van der Waals surface area (Å²) in [5.41, 5.74) is 7.00. The molecule has 0 fully saturated rings. The highest BCUT2D eigenvalue weighted by atomic mass is 16.5. The molecule has 4 nitrogen and oxygen atoms in total. The summed E-state index contributed by atoms with van der Waals surface area (Å²) in [5, 5.41) is 2.59. The van der Waals surface area contributed by atoms with Crippen LogP contribution in [0.1, 0.15) is 31.7 Å². The average molecular weight is 264 g/mol. The van der Waals surface area contributed by atoms with Gasteiger partial charge in [-0.1, -0.05) is 12.1 Å². The maximum Gasteiger partial charge on any atom is 0.219 e. The number of rotatable bonds is 8. The van der Waals surface area contributed by atoms with Gasteiger partial charge in [-0.15, -0.1) is 0 Å². The molecule has 1 atom stereocenters. The zero-order valence-corrected chi connectivity index (χ0v) is 11.8. The van der Waals surface area contributed by atoms with Gasteiger partial charge in [0.05, 0.1) is 6.61 Å². The van der Waals surface area contributed by atoms with E-state index in [2.05, 4.69) is 17.4 Å². The Morgan fingerprint density at radius 1 is 1.37 bits per heavy atom. The lowest BCUT2D eigenvalue weighted by Crippen LogP contribution is -2.18. The number of nitrogens with one attached hydrogen (secondary N) is 1. The van der Waals surface area contributed by atoms with Gasteiger partial charge in [-0.05, 0) is 43.9 Å². The summed E-state index contributed by atoms with van der Waals surface area (Å²) in [6.07, 6.45) is 3.22. The molecule has 0 heterocycles. The second-order valence-corrected chi connectivity index (χ2v) is 4.79. The summed E-state index contributed by atoms with van der Waals surface area (Å²) >= 11 is 0. The molecule has 1 unspecified atom stereocenters. The summed E-state index contributed by atoms with van der Waals surface area (Å²) in [5.74, 6) is 0.899. The van der Waals surface area contributed by atoms with E-state index < -0.39 is 0 Å². The minimum atomic E-state index is 0.0508. The van der Waals surface area contributed by atoms with Crippen molar-refractivity contribution in [1.82, 2.24) is 5.32 Å². The van der Waals surface area contributed by atoms with Gasteiger partial charge in [0.25, 0.3) is 0 Å². The Labute approximate surface area is 115 Å². The predicted octanol–water partition coefficient (Wildman–Crippen LogP) is 1.87. The number of nitrogens with two attached hydrogens (primary N) is 1. The van der Waals surface area contributed by atoms with Crippen LogP contribution in [0.4, 0.5) is 0 Å². The third kappa shape index (κ3) is 6.82. The normalized spacial score (nSPS) is 11.9. The average Bonchev–Trinajstić information content (AvgIpc) is 2.42. The second kappa shape index (κ2) is 8.53. The first kappa shape index (κ1) is 15.5. The molecule has 1 amide bonds. The van der Waals surface area contributed by atoms with Crippen molar-refractivity contribution in [2.24, 2.45) is 5.73 Å². The third-order valence-corrected chi connectivity index (χ3v) is 2.91. The molecule has 1 aromatic rings. The minimum Gasteiger partial charge on any atom is -0.494 e. The van der Waals surface area contributed by atoms with Crippen LogP contribution in [-0.2, 0) is 11.2 Å². The molecule has 0 spiro atoms. The Bertz CT molecular complexity index is 374. The van der Waals surface area contributed by atoms with Crippen molar-refractivity contribution in [3.8, 4) is 5.75 Å². The van der Waals surface area contributed by atoms with Crippen LogP contribution in [0.5, 0.6) is 5.75 Å². The Kier molecular flexibility index (Phi) is 6.97. The Morgan fingerprint density at radius 2 is 2.05 bits per heavy atom. The first-order valence-electron chi connectivity index (χ1n) is 6.79. The number of hydrogen-bond donors (Lipinski definition) is 2. The van der Waals surface area contributed by atoms with Crippen molar-refractivity contribution in [2.45, 2.75) is 38.6 Å². The van der Waals surface area contributed by atoms with Crippen LogP contribution in [-0.4, -0.2) is 25.6 Å². The molecule has 0 aliphatic heterocycles. The largest absolute Gasteiger partial charge is 0.494 e. The molecule has 0 aromatic heterocycles. The maximum atomic E-state index is 11.0. The fourth-order valence-electron chi connectivity index (χ4n) is 1.69. The molecule has 1 rings (SSSR count). The van der Waals surface area contributed by atoms with Gasteiger partial charge in [0.15, 0.2) is 0 Å². The van der Waals surface area contributed by atoms with E-state index in [1.54, 1.807) is 7.05 Å². The topological polar surface area (TPSA) is 64.3 Å². The van der Waals surface area contributed by atoms with E-state index in [-0.39, 0.29) is 11.9 Å². The lowest BCUT2D eigenvalue weighted by atomic mass is 10.1. The van der Waals surface area contributed by atoms with Gasteiger partial charge in [-0.2, -0.15) is 0 Å². The quantitative estimate of drug-likeness (QED) is 0.705. The summed E-state index contributed by atoms with van der Waals surface area (Å²) in [4.78, 5) is 11.0. The SMILES string of the molecule is CNC(=O)CCCOc1ccc(CCC(C)N)cc1. The lowest BCUT2D eigenvalue weighted by molar-refractivity contribution is -0.120. The van der Waals surface area contributed by atoms with Crippen LogP contribution in [0.15, 0.2) is 24.3 Å². The van der Waals surface area contributed by atoms with Crippen molar-refractivity contribution in [1.29, 1.82) is 0 Å². The van der Waals surface area contributed by atoms with Crippen LogP contribution in [0.2, 0.25) is 0 Å². The van der Waals surface area contributed by atoms with E-state index >= 15 is 0 Å². The molecule has 0 aliphatic rings. The number of hydrogen-bond acceptors (Lipinski definition) is 3. The number of amides is 1. The van der Waals surface area contributed by atoms with Gasteiger partial charge in [-0.3, -0.25) is 4.79 Å². The van der Waals surface area contributed by atoms with E-state index in [0.717, 1.165) is 25.0 Å². The fraction of sp³-hybridized carbons (Fsp3) is 0.533. The van der Waals surface area contributed by atoms with Gasteiger partial charge in [-0.25, -0.2) is 0 Å². The zero-order valence-electron chi connectivity index (χ0n) is 11.8. The highest BCUT2D eigenvalue weighted by Gasteiger charge is 2.00. The lowest BCUT2D eigenvalue weighted by Gasteiger charge is -2.08. The van der Waals surface area contributed by atoms with Gasteiger partial charge in [0.1, 0.15) is 5.75 Å². The molecule has 1 aromatic carbocycles. The van der Waals surface area contributed by atoms with E-state index in [4.69, 9.17) is 10.5 Å². The van der Waals surface area contributed by atoms with Crippen LogP contribution in [0.3, 0.4) is 0 Å².